The summed E-state index contributed by atoms with van der Waals surface area (Å²) in [7, 11) is 3.76. The highest BCUT2D eigenvalue weighted by Gasteiger charge is 2.21. The van der Waals surface area contributed by atoms with Crippen molar-refractivity contribution in [1.29, 1.82) is 0 Å². The fraction of sp³-hybridized carbons (Fsp3) is 0.400. The highest BCUT2D eigenvalue weighted by Crippen LogP contribution is 2.19. The van der Waals surface area contributed by atoms with Gasteiger partial charge in [-0.15, -0.1) is 0 Å². The van der Waals surface area contributed by atoms with E-state index in [4.69, 9.17) is 0 Å². The van der Waals surface area contributed by atoms with E-state index in [1.54, 1.807) is 0 Å². The summed E-state index contributed by atoms with van der Waals surface area (Å²) >= 11 is 0. The van der Waals surface area contributed by atoms with Gasteiger partial charge in [0.05, 0.1) is 11.9 Å². The van der Waals surface area contributed by atoms with Crippen molar-refractivity contribution < 1.29 is 0 Å². The quantitative estimate of drug-likeness (QED) is 0.449. The van der Waals surface area contributed by atoms with Crippen LogP contribution in [0, 0.1) is 0 Å². The van der Waals surface area contributed by atoms with Crippen molar-refractivity contribution in [2.45, 2.75) is 25.4 Å². The number of anilines is 1. The Kier molecular flexibility index (Phi) is 5.73. The lowest BCUT2D eigenvalue weighted by atomic mass is 10.1. The van der Waals surface area contributed by atoms with Crippen molar-refractivity contribution in [3.8, 4) is 11.4 Å². The number of rotatable bonds is 5. The molecule has 0 bridgehead atoms. The maximum absolute atomic E-state index is 4.40. The Bertz CT molecular complexity index is 945. The lowest BCUT2D eigenvalue weighted by molar-refractivity contribution is 0.468. The third kappa shape index (κ3) is 4.74. The van der Waals surface area contributed by atoms with Crippen molar-refractivity contribution in [3.05, 3.63) is 48.5 Å². The number of guanidine groups is 1. The highest BCUT2D eigenvalue weighted by molar-refractivity contribution is 5.80. The molecule has 0 saturated carbocycles. The molecule has 1 unspecified atom stereocenters. The number of aliphatic imine (C=N–C) groups is 1. The zero-order chi connectivity index (χ0) is 20.1. The first-order valence-corrected chi connectivity index (χ1v) is 9.87. The molecule has 1 fully saturated rings. The molecule has 9 nitrogen and oxygen atoms in total. The molecular formula is C20H27N9. The van der Waals surface area contributed by atoms with Gasteiger partial charge < -0.3 is 15.5 Å². The van der Waals surface area contributed by atoms with E-state index in [0.717, 1.165) is 48.8 Å². The zero-order valence-corrected chi connectivity index (χ0v) is 16.8. The molecule has 3 N–H and O–H groups in total. The standard InChI is InChI=1S/C20H27N9/c1-21-20(22-10-15-5-3-6-16(9-15)19-23-14-24-27-19)26-17-7-4-8-29(12-17)18-11-25-28(2)13-18/h3,5-6,9,11,13-14,17H,4,7-8,10,12H2,1-2H3,(H2,21,22,26)(H,23,24,27). The molecule has 1 aliphatic heterocycles. The lowest BCUT2D eigenvalue weighted by Gasteiger charge is -2.34. The van der Waals surface area contributed by atoms with E-state index in [0.29, 0.717) is 12.6 Å². The Balaban J connectivity index is 1.33. The van der Waals surface area contributed by atoms with Crippen molar-refractivity contribution in [3.63, 3.8) is 0 Å². The topological polar surface area (TPSA) is 99.1 Å². The van der Waals surface area contributed by atoms with Crippen LogP contribution in [0.25, 0.3) is 11.4 Å². The van der Waals surface area contributed by atoms with Crippen LogP contribution in [-0.4, -0.2) is 57.1 Å². The van der Waals surface area contributed by atoms with Crippen molar-refractivity contribution in [2.75, 3.05) is 25.0 Å². The molecule has 9 heteroatoms. The fourth-order valence-electron chi connectivity index (χ4n) is 3.65. The number of aryl methyl sites for hydroxylation is 1. The number of H-pyrrole nitrogens is 1. The Morgan fingerprint density at radius 2 is 2.31 bits per heavy atom. The van der Waals surface area contributed by atoms with Gasteiger partial charge in [0, 0.05) is 51.5 Å². The Morgan fingerprint density at radius 1 is 1.38 bits per heavy atom. The molecule has 152 valence electrons. The maximum Gasteiger partial charge on any atom is 0.191 e. The number of hydrogen-bond acceptors (Lipinski definition) is 5. The van der Waals surface area contributed by atoms with Crippen LogP contribution in [-0.2, 0) is 13.6 Å². The molecular weight excluding hydrogens is 366 g/mol. The average Bonchev–Trinajstić information content (AvgIpc) is 3.43. The van der Waals surface area contributed by atoms with Gasteiger partial charge in [-0.05, 0) is 24.5 Å². The Hall–Kier alpha value is -3.36. The van der Waals surface area contributed by atoms with Crippen LogP contribution >= 0.6 is 0 Å². The van der Waals surface area contributed by atoms with Gasteiger partial charge in [0.1, 0.15) is 6.33 Å². The summed E-state index contributed by atoms with van der Waals surface area (Å²) in [5.41, 5.74) is 3.35. The summed E-state index contributed by atoms with van der Waals surface area (Å²) in [4.78, 5) is 11.0. The lowest BCUT2D eigenvalue weighted by Crippen LogP contribution is -2.51. The van der Waals surface area contributed by atoms with Gasteiger partial charge >= 0.3 is 0 Å². The third-order valence-electron chi connectivity index (χ3n) is 5.12. The largest absolute Gasteiger partial charge is 0.367 e. The van der Waals surface area contributed by atoms with E-state index in [1.165, 1.54) is 12.0 Å². The summed E-state index contributed by atoms with van der Waals surface area (Å²) in [6.45, 7) is 2.68. The first-order valence-electron chi connectivity index (χ1n) is 9.87. The Morgan fingerprint density at radius 3 is 3.07 bits per heavy atom. The molecule has 1 aliphatic rings. The predicted octanol–water partition coefficient (Wildman–Crippen LogP) is 1.54. The summed E-state index contributed by atoms with van der Waals surface area (Å²) < 4.78 is 1.85. The fourth-order valence-corrected chi connectivity index (χ4v) is 3.65. The minimum Gasteiger partial charge on any atom is -0.367 e. The maximum atomic E-state index is 4.40. The molecule has 0 amide bonds. The normalized spacial score (nSPS) is 17.4. The van der Waals surface area contributed by atoms with Gasteiger partial charge in [0.2, 0.25) is 0 Å². The van der Waals surface area contributed by atoms with E-state index in [9.17, 15) is 0 Å². The molecule has 1 aromatic carbocycles. The molecule has 0 aliphatic carbocycles. The molecule has 0 radical (unpaired) electrons. The van der Waals surface area contributed by atoms with Gasteiger partial charge in [-0.1, -0.05) is 18.2 Å². The molecule has 4 rings (SSSR count). The summed E-state index contributed by atoms with van der Waals surface area (Å²) in [5.74, 6) is 1.58. The SMILES string of the molecule is CN=C(NCc1cccc(-c2ncn[nH]2)c1)NC1CCCN(c2cnn(C)c2)C1. The Labute approximate surface area is 170 Å². The van der Waals surface area contributed by atoms with E-state index in [1.807, 2.05) is 37.1 Å². The highest BCUT2D eigenvalue weighted by atomic mass is 15.3. The predicted molar refractivity (Wildman–Crippen MR) is 114 cm³/mol. The second-order valence-electron chi connectivity index (χ2n) is 7.26. The molecule has 1 saturated heterocycles. The van der Waals surface area contributed by atoms with Crippen LogP contribution in [0.5, 0.6) is 0 Å². The number of nitrogens with zero attached hydrogens (tertiary/aromatic N) is 6. The number of piperidine rings is 1. The van der Waals surface area contributed by atoms with Crippen LogP contribution in [0.1, 0.15) is 18.4 Å². The van der Waals surface area contributed by atoms with Crippen molar-refractivity contribution in [2.24, 2.45) is 12.0 Å². The molecule has 0 spiro atoms. The summed E-state index contributed by atoms with van der Waals surface area (Å²) in [5, 5.41) is 18.1. The monoisotopic (exact) mass is 393 g/mol. The van der Waals surface area contributed by atoms with Crippen LogP contribution < -0.4 is 15.5 Å². The van der Waals surface area contributed by atoms with Crippen molar-refractivity contribution >= 4 is 11.6 Å². The number of hydrogen-bond donors (Lipinski definition) is 3. The minimum absolute atomic E-state index is 0.343. The second-order valence-corrected chi connectivity index (χ2v) is 7.26. The van der Waals surface area contributed by atoms with Crippen LogP contribution in [0.15, 0.2) is 48.0 Å². The van der Waals surface area contributed by atoms with Crippen LogP contribution in [0.3, 0.4) is 0 Å². The van der Waals surface area contributed by atoms with Gasteiger partial charge in [-0.3, -0.25) is 14.8 Å². The number of benzene rings is 1. The van der Waals surface area contributed by atoms with Crippen molar-refractivity contribution in [1.82, 2.24) is 35.6 Å². The molecule has 3 heterocycles. The van der Waals surface area contributed by atoms with Gasteiger partial charge in [0.15, 0.2) is 11.8 Å². The smallest absolute Gasteiger partial charge is 0.191 e. The second kappa shape index (κ2) is 8.76. The number of aromatic amines is 1. The molecule has 2 aromatic heterocycles. The van der Waals surface area contributed by atoms with E-state index in [-0.39, 0.29) is 0 Å². The van der Waals surface area contributed by atoms with Gasteiger partial charge in [0.25, 0.3) is 0 Å². The number of nitrogens with one attached hydrogen (secondary N) is 3. The first kappa shape index (κ1) is 19.0. The molecule has 1 atom stereocenters. The number of aromatic nitrogens is 5. The summed E-state index contributed by atoms with van der Waals surface area (Å²) in [6.07, 6.45) is 7.78. The third-order valence-corrected chi connectivity index (χ3v) is 5.12. The average molecular weight is 393 g/mol. The van der Waals surface area contributed by atoms with E-state index < -0.39 is 0 Å². The minimum atomic E-state index is 0.343. The summed E-state index contributed by atoms with van der Waals surface area (Å²) in [6, 6.07) is 8.58. The van der Waals surface area contributed by atoms with Crippen LogP contribution in [0.2, 0.25) is 0 Å². The van der Waals surface area contributed by atoms with Gasteiger partial charge in [-0.25, -0.2) is 4.98 Å². The zero-order valence-electron chi connectivity index (χ0n) is 16.8. The van der Waals surface area contributed by atoms with Gasteiger partial charge in [-0.2, -0.15) is 10.2 Å². The van der Waals surface area contributed by atoms with E-state index in [2.05, 4.69) is 59.1 Å². The first-order chi connectivity index (χ1) is 14.2. The molecule has 29 heavy (non-hydrogen) atoms. The van der Waals surface area contributed by atoms with E-state index >= 15 is 0 Å². The molecule has 3 aromatic rings. The van der Waals surface area contributed by atoms with Crippen LogP contribution in [0.4, 0.5) is 5.69 Å².